The Morgan fingerprint density at radius 1 is 1.14 bits per heavy atom. The molecular weight excluding hydrogens is 330 g/mol. The van der Waals surface area contributed by atoms with Crippen LogP contribution in [0.2, 0.25) is 0 Å². The monoisotopic (exact) mass is 351 g/mol. The quantitative estimate of drug-likeness (QED) is 0.641. The largest absolute Gasteiger partial charge is 0.352 e. The number of rotatable bonds is 5. The van der Waals surface area contributed by atoms with E-state index in [0.717, 1.165) is 23.2 Å². The summed E-state index contributed by atoms with van der Waals surface area (Å²) < 4.78 is 2.78. The third-order valence-corrected chi connectivity index (χ3v) is 4.46. The lowest BCUT2D eigenvalue weighted by atomic mass is 10.1. The zero-order chi connectivity index (χ0) is 14.5. The van der Waals surface area contributed by atoms with Crippen molar-refractivity contribution in [2.24, 2.45) is 0 Å². The molecule has 0 atom stereocenters. The Kier molecular flexibility index (Phi) is 5.08. The van der Waals surface area contributed by atoms with E-state index in [9.17, 15) is 0 Å². The van der Waals surface area contributed by atoms with Crippen molar-refractivity contribution in [3.8, 4) is 0 Å². The van der Waals surface area contributed by atoms with E-state index in [0.29, 0.717) is 12.0 Å². The first-order valence-electron chi connectivity index (χ1n) is 7.80. The maximum atomic E-state index is 4.45. The van der Waals surface area contributed by atoms with Crippen LogP contribution in [0.25, 0.3) is 5.65 Å². The highest BCUT2D eigenvalue weighted by atomic mass is 79.9. The number of halogens is 1. The van der Waals surface area contributed by atoms with Gasteiger partial charge < -0.3 is 10.6 Å². The molecule has 6 heteroatoms. The van der Waals surface area contributed by atoms with Crippen molar-refractivity contribution < 1.29 is 0 Å². The van der Waals surface area contributed by atoms with Crippen LogP contribution in [0.1, 0.15) is 38.5 Å². The van der Waals surface area contributed by atoms with Gasteiger partial charge >= 0.3 is 0 Å². The van der Waals surface area contributed by atoms with Crippen molar-refractivity contribution in [1.82, 2.24) is 19.9 Å². The Balaban J connectivity index is 1.45. The fourth-order valence-corrected chi connectivity index (χ4v) is 3.19. The second-order valence-corrected chi connectivity index (χ2v) is 6.57. The minimum atomic E-state index is 0.691. The Hall–Kier alpha value is -1.14. The van der Waals surface area contributed by atoms with Crippen LogP contribution in [0.15, 0.2) is 22.8 Å². The highest BCUT2D eigenvalue weighted by Gasteiger charge is 2.11. The Morgan fingerprint density at radius 2 is 1.95 bits per heavy atom. The smallest absolute Gasteiger partial charge is 0.243 e. The number of anilines is 1. The molecule has 0 aromatic carbocycles. The first kappa shape index (κ1) is 14.8. The van der Waals surface area contributed by atoms with Gasteiger partial charge in [0, 0.05) is 29.8 Å². The van der Waals surface area contributed by atoms with Gasteiger partial charge in [-0.2, -0.15) is 4.98 Å². The van der Waals surface area contributed by atoms with Crippen LogP contribution in [-0.4, -0.2) is 33.7 Å². The van der Waals surface area contributed by atoms with Crippen molar-refractivity contribution in [2.75, 3.05) is 18.4 Å². The van der Waals surface area contributed by atoms with Crippen molar-refractivity contribution in [1.29, 1.82) is 0 Å². The molecule has 0 bridgehead atoms. The number of hydrogen-bond donors (Lipinski definition) is 2. The summed E-state index contributed by atoms with van der Waals surface area (Å²) in [6, 6.07) is 4.62. The number of hydrogen-bond acceptors (Lipinski definition) is 4. The Bertz CT molecular complexity index is 574. The van der Waals surface area contributed by atoms with Crippen LogP contribution in [0.5, 0.6) is 0 Å². The van der Waals surface area contributed by atoms with E-state index in [2.05, 4.69) is 36.6 Å². The summed E-state index contributed by atoms with van der Waals surface area (Å²) in [6.07, 6.45) is 10.1. The second-order valence-electron chi connectivity index (χ2n) is 5.65. The predicted molar refractivity (Wildman–Crippen MR) is 88.7 cm³/mol. The third kappa shape index (κ3) is 4.17. The van der Waals surface area contributed by atoms with Crippen LogP contribution >= 0.6 is 15.9 Å². The molecule has 1 aliphatic carbocycles. The van der Waals surface area contributed by atoms with Crippen LogP contribution in [0, 0.1) is 0 Å². The molecule has 5 nitrogen and oxygen atoms in total. The fraction of sp³-hybridized carbons (Fsp3) is 0.600. The maximum Gasteiger partial charge on any atom is 0.243 e. The topological polar surface area (TPSA) is 54.2 Å². The molecule has 0 unspecified atom stereocenters. The third-order valence-electron chi connectivity index (χ3n) is 3.99. The minimum Gasteiger partial charge on any atom is -0.352 e. The van der Waals surface area contributed by atoms with Crippen molar-refractivity contribution in [3.63, 3.8) is 0 Å². The molecule has 1 aliphatic rings. The van der Waals surface area contributed by atoms with Crippen LogP contribution in [0.4, 0.5) is 5.95 Å². The molecule has 3 rings (SSSR count). The lowest BCUT2D eigenvalue weighted by molar-refractivity contribution is 0.468. The molecule has 1 fully saturated rings. The van der Waals surface area contributed by atoms with E-state index in [1.54, 1.807) is 4.52 Å². The first-order valence-corrected chi connectivity index (χ1v) is 8.60. The first-order chi connectivity index (χ1) is 10.3. The molecule has 0 amide bonds. The number of aromatic nitrogens is 3. The molecule has 2 N–H and O–H groups in total. The molecule has 2 aromatic rings. The summed E-state index contributed by atoms with van der Waals surface area (Å²) in [5, 5.41) is 11.3. The SMILES string of the molecule is Brc1ccc2nc(NCCNC3CCCCCC3)nn2c1. The molecule has 2 aromatic heterocycles. The van der Waals surface area contributed by atoms with Crippen molar-refractivity contribution in [3.05, 3.63) is 22.8 Å². The molecule has 114 valence electrons. The van der Waals surface area contributed by atoms with Crippen LogP contribution in [0.3, 0.4) is 0 Å². The fourth-order valence-electron chi connectivity index (χ4n) is 2.87. The number of nitrogens with one attached hydrogen (secondary N) is 2. The van der Waals surface area contributed by atoms with E-state index in [1.807, 2.05) is 18.3 Å². The van der Waals surface area contributed by atoms with Gasteiger partial charge in [0.15, 0.2) is 5.65 Å². The average Bonchev–Trinajstić information content (AvgIpc) is 2.69. The summed E-state index contributed by atoms with van der Waals surface area (Å²) >= 11 is 3.44. The van der Waals surface area contributed by atoms with E-state index in [-0.39, 0.29) is 0 Å². The lowest BCUT2D eigenvalue weighted by Crippen LogP contribution is -2.32. The van der Waals surface area contributed by atoms with Gasteiger partial charge in [0.05, 0.1) is 0 Å². The Morgan fingerprint density at radius 3 is 2.76 bits per heavy atom. The van der Waals surface area contributed by atoms with E-state index in [1.165, 1.54) is 38.5 Å². The minimum absolute atomic E-state index is 0.691. The predicted octanol–water partition coefficient (Wildman–Crippen LogP) is 3.22. The highest BCUT2D eigenvalue weighted by molar-refractivity contribution is 9.10. The van der Waals surface area contributed by atoms with E-state index in [4.69, 9.17) is 0 Å². The molecule has 0 spiro atoms. The van der Waals surface area contributed by atoms with Crippen molar-refractivity contribution in [2.45, 2.75) is 44.6 Å². The number of pyridine rings is 1. The van der Waals surface area contributed by atoms with Gasteiger partial charge in [-0.05, 0) is 40.9 Å². The van der Waals surface area contributed by atoms with Crippen molar-refractivity contribution >= 4 is 27.5 Å². The van der Waals surface area contributed by atoms with E-state index >= 15 is 0 Å². The second kappa shape index (κ2) is 7.22. The van der Waals surface area contributed by atoms with Crippen LogP contribution < -0.4 is 10.6 Å². The molecule has 2 heterocycles. The molecule has 0 saturated heterocycles. The zero-order valence-corrected chi connectivity index (χ0v) is 13.8. The molecule has 0 radical (unpaired) electrons. The standard InChI is InChI=1S/C15H22BrN5/c16-12-7-8-14-19-15(20-21(14)11-12)18-10-9-17-13-5-3-1-2-4-6-13/h7-8,11,13,17H,1-6,9-10H2,(H,18,20). The van der Waals surface area contributed by atoms with Gasteiger partial charge in [-0.3, -0.25) is 0 Å². The summed E-state index contributed by atoms with van der Waals surface area (Å²) in [5.74, 6) is 0.691. The van der Waals surface area contributed by atoms with Gasteiger partial charge in [0.25, 0.3) is 0 Å². The molecule has 21 heavy (non-hydrogen) atoms. The van der Waals surface area contributed by atoms with Gasteiger partial charge in [-0.1, -0.05) is 25.7 Å². The van der Waals surface area contributed by atoms with Gasteiger partial charge in [-0.15, -0.1) is 5.10 Å². The van der Waals surface area contributed by atoms with Gasteiger partial charge in [-0.25, -0.2) is 4.52 Å². The summed E-state index contributed by atoms with van der Waals surface area (Å²) in [7, 11) is 0. The van der Waals surface area contributed by atoms with Crippen LogP contribution in [-0.2, 0) is 0 Å². The number of fused-ring (bicyclic) bond motifs is 1. The van der Waals surface area contributed by atoms with Gasteiger partial charge in [0.2, 0.25) is 5.95 Å². The summed E-state index contributed by atoms with van der Waals surface area (Å²) in [5.41, 5.74) is 0.859. The zero-order valence-electron chi connectivity index (χ0n) is 12.2. The molecule has 0 aliphatic heterocycles. The summed E-state index contributed by atoms with van der Waals surface area (Å²) in [6.45, 7) is 1.82. The lowest BCUT2D eigenvalue weighted by Gasteiger charge is -2.15. The summed E-state index contributed by atoms with van der Waals surface area (Å²) in [4.78, 5) is 4.45. The van der Waals surface area contributed by atoms with Gasteiger partial charge in [0.1, 0.15) is 0 Å². The van der Waals surface area contributed by atoms with E-state index < -0.39 is 0 Å². The number of nitrogens with zero attached hydrogens (tertiary/aromatic N) is 3. The maximum absolute atomic E-state index is 4.45. The average molecular weight is 352 g/mol. The molecule has 1 saturated carbocycles. The highest BCUT2D eigenvalue weighted by Crippen LogP contribution is 2.17. The Labute approximate surface area is 133 Å². The molecular formula is C15H22BrN5. The normalized spacial score (nSPS) is 17.0.